The van der Waals surface area contributed by atoms with Crippen molar-refractivity contribution < 1.29 is 4.79 Å². The van der Waals surface area contributed by atoms with Gasteiger partial charge in [0.05, 0.1) is 6.04 Å². The van der Waals surface area contributed by atoms with Gasteiger partial charge in [0.15, 0.2) is 0 Å². The zero-order valence-electron chi connectivity index (χ0n) is 13.3. The Morgan fingerprint density at radius 1 is 1.21 bits per heavy atom. The van der Waals surface area contributed by atoms with E-state index < -0.39 is 0 Å². The number of benzene rings is 1. The van der Waals surface area contributed by atoms with Gasteiger partial charge in [-0.3, -0.25) is 4.79 Å². The van der Waals surface area contributed by atoms with Crippen molar-refractivity contribution in [3.8, 4) is 0 Å². The van der Waals surface area contributed by atoms with Crippen LogP contribution in [0.15, 0.2) is 29.6 Å². The van der Waals surface area contributed by atoms with Crippen molar-refractivity contribution in [3.05, 3.63) is 51.2 Å². The van der Waals surface area contributed by atoms with E-state index in [1.165, 1.54) is 21.6 Å². The first-order valence-corrected chi connectivity index (χ1v) is 10.0. The number of nitrogens with two attached hydrogens (primary N) is 1. The second kappa shape index (κ2) is 7.38. The van der Waals surface area contributed by atoms with Crippen LogP contribution in [0.2, 0.25) is 0 Å². The van der Waals surface area contributed by atoms with Crippen LogP contribution in [0.1, 0.15) is 45.7 Å². The third-order valence-electron chi connectivity index (χ3n) is 4.71. The number of amides is 1. The number of thioether (sulfide) groups is 1. The third kappa shape index (κ3) is 3.30. The number of carbonyl (C=O) groups excluding carboxylic acids is 1. The van der Waals surface area contributed by atoms with E-state index in [2.05, 4.69) is 28.9 Å². The minimum Gasteiger partial charge on any atom is -0.399 e. The second-order valence-electron chi connectivity index (χ2n) is 6.21. The summed E-state index contributed by atoms with van der Waals surface area (Å²) in [5.41, 5.74) is 10.5. The second-order valence-corrected chi connectivity index (χ2v) is 8.43. The molecule has 0 saturated carbocycles. The Balaban J connectivity index is 0.00000169. The predicted octanol–water partition coefficient (Wildman–Crippen LogP) is 4.28. The molecule has 2 unspecified atom stereocenters. The molecule has 0 fully saturated rings. The molecule has 0 spiro atoms. The molecule has 1 aliphatic heterocycles. The lowest BCUT2D eigenvalue weighted by atomic mass is 9.87. The van der Waals surface area contributed by atoms with Crippen molar-refractivity contribution in [1.82, 2.24) is 5.32 Å². The fourth-order valence-electron chi connectivity index (χ4n) is 3.60. The number of nitrogens with one attached hydrogen (secondary N) is 1. The lowest BCUT2D eigenvalue weighted by molar-refractivity contribution is -0.121. The number of hydrogen-bond donors (Lipinski definition) is 2. The summed E-state index contributed by atoms with van der Waals surface area (Å²) in [5, 5.41) is 5.35. The molecule has 0 radical (unpaired) electrons. The van der Waals surface area contributed by atoms with Gasteiger partial charge in [0, 0.05) is 10.6 Å². The van der Waals surface area contributed by atoms with Crippen LogP contribution in [0.3, 0.4) is 0 Å². The minimum atomic E-state index is -0.0517. The minimum absolute atomic E-state index is 0. The molecular formula is C18H21ClN2OS2. The van der Waals surface area contributed by atoms with E-state index in [0.717, 1.165) is 37.1 Å². The maximum absolute atomic E-state index is 12.9. The highest BCUT2D eigenvalue weighted by atomic mass is 35.5. The van der Waals surface area contributed by atoms with Gasteiger partial charge < -0.3 is 11.1 Å². The Hall–Kier alpha value is -1.17. The Bertz CT molecular complexity index is 746. The number of fused-ring (bicyclic) bond motifs is 2. The highest BCUT2D eigenvalue weighted by Crippen LogP contribution is 2.40. The van der Waals surface area contributed by atoms with Crippen LogP contribution in [0.5, 0.6) is 0 Å². The Kier molecular flexibility index (Phi) is 5.42. The highest BCUT2D eigenvalue weighted by Gasteiger charge is 2.30. The number of thiophene rings is 1. The topological polar surface area (TPSA) is 55.1 Å². The van der Waals surface area contributed by atoms with Crippen LogP contribution in [0, 0.1) is 0 Å². The number of rotatable bonds is 2. The Morgan fingerprint density at radius 2 is 2.08 bits per heavy atom. The molecule has 1 amide bonds. The van der Waals surface area contributed by atoms with Crippen molar-refractivity contribution in [2.45, 2.75) is 37.0 Å². The maximum atomic E-state index is 12.9. The molecule has 1 aromatic carbocycles. The molecule has 2 atom stereocenters. The van der Waals surface area contributed by atoms with Gasteiger partial charge in [-0.15, -0.1) is 35.5 Å². The van der Waals surface area contributed by atoms with Crippen LogP contribution in [0.25, 0.3) is 0 Å². The van der Waals surface area contributed by atoms with Crippen molar-refractivity contribution in [2.75, 3.05) is 11.5 Å². The standard InChI is InChI=1S/C18H20N2OS2.ClH/c19-12-4-5-13-11(10-12)2-1-3-15(13)20-18(21)17-14-6-8-22-16(14)7-9-23-17;/h4-6,8,10,15,17H,1-3,7,9,19H2,(H,20,21);1H. The van der Waals surface area contributed by atoms with E-state index in [1.54, 1.807) is 23.1 Å². The number of carbonyl (C=O) groups is 1. The Labute approximate surface area is 156 Å². The van der Waals surface area contributed by atoms with Gasteiger partial charge in [0.25, 0.3) is 0 Å². The van der Waals surface area contributed by atoms with Gasteiger partial charge in [-0.2, -0.15) is 0 Å². The van der Waals surface area contributed by atoms with Crippen LogP contribution in [-0.2, 0) is 17.6 Å². The summed E-state index contributed by atoms with van der Waals surface area (Å²) < 4.78 is 0. The van der Waals surface area contributed by atoms with E-state index in [-0.39, 0.29) is 29.6 Å². The summed E-state index contributed by atoms with van der Waals surface area (Å²) >= 11 is 3.54. The van der Waals surface area contributed by atoms with Crippen LogP contribution >= 0.6 is 35.5 Å². The fraction of sp³-hybridized carbons (Fsp3) is 0.389. The fourth-order valence-corrected chi connectivity index (χ4v) is 5.90. The van der Waals surface area contributed by atoms with Gasteiger partial charge in [-0.1, -0.05) is 6.07 Å². The summed E-state index contributed by atoms with van der Waals surface area (Å²) in [7, 11) is 0. The first kappa shape index (κ1) is 17.6. The molecule has 1 aliphatic carbocycles. The van der Waals surface area contributed by atoms with Crippen LogP contribution in [-0.4, -0.2) is 11.7 Å². The molecule has 2 aliphatic rings. The lowest BCUT2D eigenvalue weighted by Gasteiger charge is -2.29. The van der Waals surface area contributed by atoms with Gasteiger partial charge in [-0.05, 0) is 71.7 Å². The van der Waals surface area contributed by atoms with Gasteiger partial charge in [0.2, 0.25) is 5.91 Å². The zero-order chi connectivity index (χ0) is 15.8. The molecule has 0 bridgehead atoms. The molecule has 2 aromatic rings. The number of hydrogen-bond acceptors (Lipinski definition) is 4. The lowest BCUT2D eigenvalue weighted by Crippen LogP contribution is -2.34. The molecule has 0 saturated heterocycles. The first-order chi connectivity index (χ1) is 11.2. The molecule has 6 heteroatoms. The molecule has 1 aromatic heterocycles. The van der Waals surface area contributed by atoms with Crippen LogP contribution < -0.4 is 11.1 Å². The van der Waals surface area contributed by atoms with Gasteiger partial charge in [-0.25, -0.2) is 0 Å². The molecule has 3 nitrogen and oxygen atoms in total. The van der Waals surface area contributed by atoms with Gasteiger partial charge >= 0.3 is 0 Å². The summed E-state index contributed by atoms with van der Waals surface area (Å²) in [5.74, 6) is 1.19. The van der Waals surface area contributed by atoms with E-state index in [4.69, 9.17) is 5.73 Å². The zero-order valence-corrected chi connectivity index (χ0v) is 15.7. The molecule has 4 rings (SSSR count). The average Bonchev–Trinajstić information content (AvgIpc) is 3.03. The smallest absolute Gasteiger partial charge is 0.238 e. The number of aryl methyl sites for hydroxylation is 2. The van der Waals surface area contributed by atoms with Crippen molar-refractivity contribution >= 4 is 47.1 Å². The van der Waals surface area contributed by atoms with Crippen molar-refractivity contribution in [1.29, 1.82) is 0 Å². The van der Waals surface area contributed by atoms with Crippen LogP contribution in [0.4, 0.5) is 5.69 Å². The van der Waals surface area contributed by atoms with E-state index >= 15 is 0 Å². The SMILES string of the molecule is Cl.Nc1ccc2c(c1)CCCC2NC(=O)C1SCCc2sccc21. The first-order valence-electron chi connectivity index (χ1n) is 8.09. The summed E-state index contributed by atoms with van der Waals surface area (Å²) in [6.45, 7) is 0. The van der Waals surface area contributed by atoms with E-state index in [9.17, 15) is 4.79 Å². The summed E-state index contributed by atoms with van der Waals surface area (Å²) in [6, 6.07) is 8.32. The van der Waals surface area contributed by atoms with Gasteiger partial charge in [0.1, 0.15) is 5.25 Å². The summed E-state index contributed by atoms with van der Waals surface area (Å²) in [4.78, 5) is 14.2. The normalized spacial score (nSPS) is 22.0. The predicted molar refractivity (Wildman–Crippen MR) is 105 cm³/mol. The highest BCUT2D eigenvalue weighted by molar-refractivity contribution is 8.00. The number of nitrogen functional groups attached to an aromatic ring is 1. The number of halogens is 1. The molecule has 2 heterocycles. The Morgan fingerprint density at radius 3 is 2.96 bits per heavy atom. The average molecular weight is 381 g/mol. The quantitative estimate of drug-likeness (QED) is 0.764. The molecular weight excluding hydrogens is 360 g/mol. The number of anilines is 1. The van der Waals surface area contributed by atoms with Crippen molar-refractivity contribution in [2.24, 2.45) is 0 Å². The van der Waals surface area contributed by atoms with E-state index in [1.807, 2.05) is 6.07 Å². The molecule has 24 heavy (non-hydrogen) atoms. The monoisotopic (exact) mass is 380 g/mol. The van der Waals surface area contributed by atoms with E-state index in [0.29, 0.717) is 0 Å². The third-order valence-corrected chi connectivity index (χ3v) is 6.95. The maximum Gasteiger partial charge on any atom is 0.238 e. The molecule has 3 N–H and O–H groups in total. The molecule has 128 valence electrons. The van der Waals surface area contributed by atoms with Crippen molar-refractivity contribution in [3.63, 3.8) is 0 Å². The summed E-state index contributed by atoms with van der Waals surface area (Å²) in [6.07, 6.45) is 4.26. The largest absolute Gasteiger partial charge is 0.399 e.